The highest BCUT2D eigenvalue weighted by atomic mass is 16.5. The number of aliphatic hydroxyl groups is 3. The van der Waals surface area contributed by atoms with Crippen LogP contribution >= 0.6 is 0 Å². The van der Waals surface area contributed by atoms with Crippen molar-refractivity contribution >= 4 is 5.97 Å². The smallest absolute Gasteiger partial charge is 0.305 e. The molecule has 0 aromatic carbocycles. The Balaban J connectivity index is 3.83. The molecule has 0 unspecified atom stereocenters. The molecule has 150 valence electrons. The van der Waals surface area contributed by atoms with Gasteiger partial charge in [0, 0.05) is 6.42 Å². The minimum absolute atomic E-state index is 0.182. The minimum atomic E-state index is -0.932. The van der Waals surface area contributed by atoms with Gasteiger partial charge in [0.15, 0.2) is 0 Å². The molecule has 3 atom stereocenters. The maximum Gasteiger partial charge on any atom is 0.305 e. The van der Waals surface area contributed by atoms with Gasteiger partial charge >= 0.3 is 5.97 Å². The lowest BCUT2D eigenvalue weighted by Gasteiger charge is -2.14. The molecule has 0 saturated heterocycles. The second-order valence-electron chi connectivity index (χ2n) is 6.39. The van der Waals surface area contributed by atoms with E-state index in [1.807, 2.05) is 24.3 Å². The topological polar surface area (TPSA) is 87.0 Å². The average molecular weight is 369 g/mol. The van der Waals surface area contributed by atoms with Gasteiger partial charge in [-0.05, 0) is 32.1 Å². The maximum absolute atomic E-state index is 10.9. The van der Waals surface area contributed by atoms with E-state index in [-0.39, 0.29) is 5.97 Å². The van der Waals surface area contributed by atoms with Crippen LogP contribution in [-0.4, -0.2) is 46.7 Å². The Morgan fingerprint density at radius 2 is 1.73 bits per heavy atom. The summed E-state index contributed by atoms with van der Waals surface area (Å²) in [7, 11) is 1.39. The molecule has 5 heteroatoms. The van der Waals surface area contributed by atoms with Crippen molar-refractivity contribution in [3.63, 3.8) is 0 Å². The highest BCUT2D eigenvalue weighted by Gasteiger charge is 2.12. The summed E-state index contributed by atoms with van der Waals surface area (Å²) < 4.78 is 4.57. The molecule has 0 rings (SSSR count). The van der Waals surface area contributed by atoms with E-state index >= 15 is 0 Å². The zero-order chi connectivity index (χ0) is 19.6. The molecule has 5 nitrogen and oxygen atoms in total. The molecular weight excluding hydrogens is 332 g/mol. The van der Waals surface area contributed by atoms with Crippen LogP contribution in [0.1, 0.15) is 64.7 Å². The van der Waals surface area contributed by atoms with Gasteiger partial charge < -0.3 is 20.1 Å². The van der Waals surface area contributed by atoms with E-state index in [2.05, 4.69) is 11.7 Å². The van der Waals surface area contributed by atoms with Crippen LogP contribution in [-0.2, 0) is 9.53 Å². The summed E-state index contributed by atoms with van der Waals surface area (Å²) in [6, 6.07) is 0. The molecule has 0 aromatic heterocycles. The van der Waals surface area contributed by atoms with E-state index in [9.17, 15) is 20.1 Å². The third kappa shape index (κ3) is 14.9. The normalized spacial score (nSPS) is 15.7. The number of carbonyl (C=O) groups is 1. The van der Waals surface area contributed by atoms with Gasteiger partial charge in [-0.1, -0.05) is 62.6 Å². The summed E-state index contributed by atoms with van der Waals surface area (Å²) in [4.78, 5) is 10.9. The Kier molecular flexibility index (Phi) is 16.1. The molecule has 0 amide bonds. The fourth-order valence-electron chi connectivity index (χ4n) is 2.31. The summed E-state index contributed by atoms with van der Waals surface area (Å²) in [5, 5.41) is 29.5. The predicted octanol–water partition coefficient (Wildman–Crippen LogP) is 3.44. The molecule has 0 radical (unpaired) electrons. The maximum atomic E-state index is 10.9. The molecule has 0 fully saturated rings. The van der Waals surface area contributed by atoms with Crippen LogP contribution < -0.4 is 0 Å². The molecule has 0 aliphatic rings. The minimum Gasteiger partial charge on any atom is -0.469 e. The lowest BCUT2D eigenvalue weighted by atomic mass is 10.0. The number of ether oxygens (including phenoxy) is 1. The van der Waals surface area contributed by atoms with Crippen LogP contribution in [0.5, 0.6) is 0 Å². The van der Waals surface area contributed by atoms with E-state index < -0.39 is 18.3 Å². The summed E-state index contributed by atoms with van der Waals surface area (Å²) in [6.07, 6.45) is 15.4. The zero-order valence-electron chi connectivity index (χ0n) is 16.2. The fourth-order valence-corrected chi connectivity index (χ4v) is 2.31. The van der Waals surface area contributed by atoms with Gasteiger partial charge in [0.2, 0.25) is 0 Å². The summed E-state index contributed by atoms with van der Waals surface area (Å²) in [5.74, 6) is -0.182. The molecule has 0 aromatic rings. The molecule has 0 saturated carbocycles. The van der Waals surface area contributed by atoms with E-state index in [0.29, 0.717) is 19.3 Å². The fraction of sp³-hybridized carbons (Fsp3) is 0.667. The average Bonchev–Trinajstić information content (AvgIpc) is 2.64. The number of hydrogen-bond acceptors (Lipinski definition) is 5. The van der Waals surface area contributed by atoms with Gasteiger partial charge in [0.1, 0.15) is 0 Å². The molecule has 0 aliphatic carbocycles. The van der Waals surface area contributed by atoms with Gasteiger partial charge in [-0.15, -0.1) is 0 Å². The SMILES string of the molecule is CCCCC[C@H](O)[C@H](O)/C=C/[C@H](O)C/C=C\C/C=C\CCCC(=O)OC. The van der Waals surface area contributed by atoms with Crippen molar-refractivity contribution in [3.8, 4) is 0 Å². The summed E-state index contributed by atoms with van der Waals surface area (Å²) >= 11 is 0. The molecule has 26 heavy (non-hydrogen) atoms. The number of allylic oxidation sites excluding steroid dienone is 3. The summed E-state index contributed by atoms with van der Waals surface area (Å²) in [6.45, 7) is 2.09. The lowest BCUT2D eigenvalue weighted by Crippen LogP contribution is -2.24. The highest BCUT2D eigenvalue weighted by Crippen LogP contribution is 2.08. The van der Waals surface area contributed by atoms with E-state index in [4.69, 9.17) is 0 Å². The molecular formula is C21H36O5. The Morgan fingerprint density at radius 1 is 1.00 bits per heavy atom. The second kappa shape index (κ2) is 17.0. The molecule has 0 aliphatic heterocycles. The first kappa shape index (κ1) is 24.6. The van der Waals surface area contributed by atoms with Crippen LogP contribution in [0.3, 0.4) is 0 Å². The number of methoxy groups -OCH3 is 1. The predicted molar refractivity (Wildman–Crippen MR) is 105 cm³/mol. The largest absolute Gasteiger partial charge is 0.469 e. The van der Waals surface area contributed by atoms with Crippen LogP contribution in [0.4, 0.5) is 0 Å². The monoisotopic (exact) mass is 368 g/mol. The van der Waals surface area contributed by atoms with Crippen molar-refractivity contribution < 1.29 is 24.9 Å². The zero-order valence-corrected chi connectivity index (χ0v) is 16.2. The Hall–Kier alpha value is -1.43. The van der Waals surface area contributed by atoms with Crippen molar-refractivity contribution in [3.05, 3.63) is 36.5 Å². The van der Waals surface area contributed by atoms with E-state index in [1.165, 1.54) is 19.3 Å². The quantitative estimate of drug-likeness (QED) is 0.234. The van der Waals surface area contributed by atoms with Crippen molar-refractivity contribution in [2.24, 2.45) is 0 Å². The molecule has 0 bridgehead atoms. The van der Waals surface area contributed by atoms with E-state index in [0.717, 1.165) is 38.5 Å². The number of aliphatic hydroxyl groups excluding tert-OH is 3. The number of unbranched alkanes of at least 4 members (excludes halogenated alkanes) is 3. The Morgan fingerprint density at radius 3 is 2.42 bits per heavy atom. The van der Waals surface area contributed by atoms with Gasteiger partial charge in [0.05, 0.1) is 25.4 Å². The van der Waals surface area contributed by atoms with Gasteiger partial charge in [-0.25, -0.2) is 0 Å². The second-order valence-corrected chi connectivity index (χ2v) is 6.39. The number of esters is 1. The number of rotatable bonds is 15. The van der Waals surface area contributed by atoms with Crippen molar-refractivity contribution in [2.75, 3.05) is 7.11 Å². The Labute approximate surface area is 158 Å². The third-order valence-electron chi connectivity index (χ3n) is 3.99. The van der Waals surface area contributed by atoms with Crippen LogP contribution in [0, 0.1) is 0 Å². The van der Waals surface area contributed by atoms with Gasteiger partial charge in [0.25, 0.3) is 0 Å². The van der Waals surface area contributed by atoms with Gasteiger partial charge in [-0.3, -0.25) is 4.79 Å². The van der Waals surface area contributed by atoms with Crippen molar-refractivity contribution in [2.45, 2.75) is 83.0 Å². The standard InChI is InChI=1S/C21H36O5/c1-3-4-10-14-19(23)20(24)17-16-18(22)13-11-8-6-5-7-9-12-15-21(25)26-2/h5,7-8,11,16-20,22-24H,3-4,6,9-10,12-15H2,1-2H3/b7-5-,11-8-,17-16+/t18-,19+,20-/m1/s1. The number of carbonyl (C=O) groups excluding carboxylic acids is 1. The van der Waals surface area contributed by atoms with Crippen LogP contribution in [0.15, 0.2) is 36.5 Å². The van der Waals surface area contributed by atoms with Crippen LogP contribution in [0.25, 0.3) is 0 Å². The van der Waals surface area contributed by atoms with Crippen molar-refractivity contribution in [1.82, 2.24) is 0 Å². The third-order valence-corrected chi connectivity index (χ3v) is 3.99. The summed E-state index contributed by atoms with van der Waals surface area (Å²) in [5.41, 5.74) is 0. The molecule has 0 spiro atoms. The molecule has 0 heterocycles. The van der Waals surface area contributed by atoms with Gasteiger partial charge in [-0.2, -0.15) is 0 Å². The lowest BCUT2D eigenvalue weighted by molar-refractivity contribution is -0.140. The van der Waals surface area contributed by atoms with Crippen LogP contribution in [0.2, 0.25) is 0 Å². The first-order chi connectivity index (χ1) is 12.5. The van der Waals surface area contributed by atoms with Crippen molar-refractivity contribution in [1.29, 1.82) is 0 Å². The first-order valence-electron chi connectivity index (χ1n) is 9.60. The van der Waals surface area contributed by atoms with E-state index in [1.54, 1.807) is 0 Å². The first-order valence-corrected chi connectivity index (χ1v) is 9.60. The number of hydrogen-bond donors (Lipinski definition) is 3. The Bertz CT molecular complexity index is 428. The highest BCUT2D eigenvalue weighted by molar-refractivity contribution is 5.69. The molecule has 3 N–H and O–H groups in total.